The molecule has 0 spiro atoms. The third kappa shape index (κ3) is 4.46. The van der Waals surface area contributed by atoms with Crippen LogP contribution in [0.4, 0.5) is 17.1 Å². The summed E-state index contributed by atoms with van der Waals surface area (Å²) < 4.78 is 0. The third-order valence-corrected chi connectivity index (χ3v) is 13.5. The lowest BCUT2D eigenvalue weighted by atomic mass is 9.78. The Morgan fingerprint density at radius 1 is 0.281 bits per heavy atom. The molecule has 0 heterocycles. The van der Waals surface area contributed by atoms with Crippen molar-refractivity contribution in [2.75, 3.05) is 4.90 Å². The van der Waals surface area contributed by atoms with Crippen LogP contribution >= 0.6 is 0 Å². The Labute approximate surface area is 333 Å². The van der Waals surface area contributed by atoms with Crippen molar-refractivity contribution in [2.45, 2.75) is 38.5 Å². The molecule has 0 unspecified atom stereocenters. The van der Waals surface area contributed by atoms with Crippen LogP contribution in [0.1, 0.15) is 49.9 Å². The molecule has 10 aromatic rings. The van der Waals surface area contributed by atoms with Gasteiger partial charge < -0.3 is 4.90 Å². The minimum atomic E-state index is -0.136. The van der Waals surface area contributed by atoms with E-state index in [4.69, 9.17) is 0 Å². The molecule has 0 saturated heterocycles. The monoisotopic (exact) mass is 727 g/mol. The second-order valence-electron chi connectivity index (χ2n) is 17.3. The average molecular weight is 728 g/mol. The van der Waals surface area contributed by atoms with Gasteiger partial charge in [-0.3, -0.25) is 0 Å². The number of rotatable bonds is 3. The number of hydrogen-bond acceptors (Lipinski definition) is 1. The summed E-state index contributed by atoms with van der Waals surface area (Å²) in [5.41, 5.74) is 14.3. The number of benzene rings is 10. The van der Waals surface area contributed by atoms with Crippen molar-refractivity contribution >= 4 is 70.9 Å². The highest BCUT2D eigenvalue weighted by atomic mass is 15.1. The van der Waals surface area contributed by atoms with E-state index in [1.54, 1.807) is 0 Å². The second-order valence-corrected chi connectivity index (χ2v) is 17.3. The van der Waals surface area contributed by atoms with Gasteiger partial charge in [-0.2, -0.15) is 0 Å². The molecule has 0 atom stereocenters. The maximum Gasteiger partial charge on any atom is 0.0468 e. The molecule has 12 rings (SSSR count). The maximum atomic E-state index is 2.45. The molecular weight excluding hydrogens is 687 g/mol. The molecule has 0 aliphatic heterocycles. The molecule has 2 aliphatic rings. The topological polar surface area (TPSA) is 3.24 Å². The van der Waals surface area contributed by atoms with Crippen LogP contribution in [0.15, 0.2) is 176 Å². The van der Waals surface area contributed by atoms with E-state index in [-0.39, 0.29) is 10.8 Å². The summed E-state index contributed by atoms with van der Waals surface area (Å²) >= 11 is 0. The zero-order valence-electron chi connectivity index (χ0n) is 32.7. The van der Waals surface area contributed by atoms with Crippen LogP contribution < -0.4 is 4.90 Å². The van der Waals surface area contributed by atoms with Gasteiger partial charge in [0.1, 0.15) is 0 Å². The average Bonchev–Trinajstić information content (AvgIpc) is 3.63. The predicted molar refractivity (Wildman–Crippen MR) is 244 cm³/mol. The third-order valence-electron chi connectivity index (χ3n) is 13.5. The van der Waals surface area contributed by atoms with Crippen LogP contribution in [0.2, 0.25) is 0 Å². The van der Waals surface area contributed by atoms with Gasteiger partial charge in [0.15, 0.2) is 0 Å². The normalized spacial score (nSPS) is 14.6. The quantitative estimate of drug-likeness (QED) is 0.175. The fourth-order valence-electron chi connectivity index (χ4n) is 11.1. The Kier molecular flexibility index (Phi) is 6.53. The minimum absolute atomic E-state index is 0.136. The van der Waals surface area contributed by atoms with Gasteiger partial charge in [0.05, 0.1) is 0 Å². The van der Waals surface area contributed by atoms with Crippen LogP contribution in [-0.4, -0.2) is 0 Å². The molecule has 0 N–H and O–H groups in total. The zero-order valence-corrected chi connectivity index (χ0v) is 32.7. The summed E-state index contributed by atoms with van der Waals surface area (Å²) in [5, 5.41) is 12.9. The SMILES string of the molecule is CC1(C)c2c(ccc3ccccc23)-c2ccc3cc(N(c4ccc5ccccc5c4)c4ccc5c6c(ccc5c4)-c4ccc5ccccc5c4C6(C)C)ccc3c21. The van der Waals surface area contributed by atoms with Crippen LogP contribution in [0, 0.1) is 0 Å². The standard InChI is InChI=1S/C56H41N/c1-55(2)51-43-15-9-7-12-35(43)18-25-47(51)49-27-20-38-32-41(23-29-45(38)53(49)55)57(40-22-17-34-11-5-6-14-37(34)31-40)42-24-30-46-39(33-42)21-28-50-48-26-19-36-13-8-10-16-44(36)52(48)56(3,4)54(46)50/h5-33H,1-4H3. The fourth-order valence-corrected chi connectivity index (χ4v) is 11.1. The van der Waals surface area contributed by atoms with Crippen molar-refractivity contribution < 1.29 is 0 Å². The number of anilines is 3. The van der Waals surface area contributed by atoms with Gasteiger partial charge in [-0.05, 0) is 135 Å². The molecule has 1 nitrogen and oxygen atoms in total. The van der Waals surface area contributed by atoms with E-state index in [9.17, 15) is 0 Å². The summed E-state index contributed by atoms with van der Waals surface area (Å²) in [6, 6.07) is 66.1. The van der Waals surface area contributed by atoms with Gasteiger partial charge in [0, 0.05) is 27.9 Å². The van der Waals surface area contributed by atoms with Crippen molar-refractivity contribution in [3.8, 4) is 22.3 Å². The van der Waals surface area contributed by atoms with E-state index < -0.39 is 0 Å². The Bertz CT molecular complexity index is 3180. The summed E-state index contributed by atoms with van der Waals surface area (Å²) in [4.78, 5) is 2.45. The van der Waals surface area contributed by atoms with Crippen molar-refractivity contribution in [1.82, 2.24) is 0 Å². The summed E-state index contributed by atoms with van der Waals surface area (Å²) in [5.74, 6) is 0. The van der Waals surface area contributed by atoms with Crippen molar-refractivity contribution in [3.63, 3.8) is 0 Å². The lowest BCUT2D eigenvalue weighted by Crippen LogP contribution is -2.16. The van der Waals surface area contributed by atoms with E-state index in [1.165, 1.54) is 98.4 Å². The first-order valence-corrected chi connectivity index (χ1v) is 20.3. The molecule has 0 bridgehead atoms. The van der Waals surface area contributed by atoms with E-state index in [0.29, 0.717) is 0 Å². The first kappa shape index (κ1) is 32.5. The summed E-state index contributed by atoms with van der Waals surface area (Å²) in [7, 11) is 0. The van der Waals surface area contributed by atoms with Gasteiger partial charge in [-0.25, -0.2) is 0 Å². The molecule has 0 fully saturated rings. The smallest absolute Gasteiger partial charge is 0.0468 e. The summed E-state index contributed by atoms with van der Waals surface area (Å²) in [6.45, 7) is 9.64. The van der Waals surface area contributed by atoms with Gasteiger partial charge in [0.25, 0.3) is 0 Å². The van der Waals surface area contributed by atoms with Crippen molar-refractivity contribution in [2.24, 2.45) is 0 Å². The molecule has 10 aromatic carbocycles. The van der Waals surface area contributed by atoms with E-state index in [2.05, 4.69) is 209 Å². The van der Waals surface area contributed by atoms with Gasteiger partial charge in [-0.15, -0.1) is 0 Å². The second kappa shape index (κ2) is 11.4. The Balaban J connectivity index is 1.03. The van der Waals surface area contributed by atoms with E-state index >= 15 is 0 Å². The summed E-state index contributed by atoms with van der Waals surface area (Å²) in [6.07, 6.45) is 0. The predicted octanol–water partition coefficient (Wildman–Crippen LogP) is 15.5. The molecular formula is C56H41N. The van der Waals surface area contributed by atoms with Crippen LogP contribution in [0.5, 0.6) is 0 Å². The van der Waals surface area contributed by atoms with E-state index in [1.807, 2.05) is 0 Å². The lowest BCUT2D eigenvalue weighted by Gasteiger charge is -2.28. The first-order valence-electron chi connectivity index (χ1n) is 20.3. The van der Waals surface area contributed by atoms with Crippen LogP contribution in [-0.2, 0) is 10.8 Å². The Morgan fingerprint density at radius 2 is 0.596 bits per heavy atom. The molecule has 0 saturated carbocycles. The zero-order chi connectivity index (χ0) is 38.2. The largest absolute Gasteiger partial charge is 0.310 e. The highest BCUT2D eigenvalue weighted by molar-refractivity contribution is 6.06. The number of hydrogen-bond donors (Lipinski definition) is 0. The Morgan fingerprint density at radius 3 is 1.05 bits per heavy atom. The minimum Gasteiger partial charge on any atom is -0.310 e. The number of nitrogens with zero attached hydrogens (tertiary/aromatic N) is 1. The molecule has 0 aromatic heterocycles. The molecule has 1 heteroatoms. The van der Waals surface area contributed by atoms with Crippen LogP contribution in [0.25, 0.3) is 76.1 Å². The fraction of sp³-hybridized carbons (Fsp3) is 0.107. The van der Waals surface area contributed by atoms with Crippen LogP contribution in [0.3, 0.4) is 0 Å². The molecule has 57 heavy (non-hydrogen) atoms. The van der Waals surface area contributed by atoms with Crippen molar-refractivity contribution in [1.29, 1.82) is 0 Å². The van der Waals surface area contributed by atoms with Crippen molar-refractivity contribution in [3.05, 3.63) is 198 Å². The van der Waals surface area contributed by atoms with Gasteiger partial charge in [-0.1, -0.05) is 167 Å². The highest BCUT2D eigenvalue weighted by Crippen LogP contribution is 2.56. The molecule has 0 radical (unpaired) electrons. The highest BCUT2D eigenvalue weighted by Gasteiger charge is 2.39. The van der Waals surface area contributed by atoms with Gasteiger partial charge in [0.2, 0.25) is 0 Å². The molecule has 270 valence electrons. The first-order chi connectivity index (χ1) is 27.8. The van der Waals surface area contributed by atoms with E-state index in [0.717, 1.165) is 17.1 Å². The molecule has 2 aliphatic carbocycles. The Hall–Kier alpha value is -6.70. The molecule has 0 amide bonds. The maximum absolute atomic E-state index is 2.45. The lowest BCUT2D eigenvalue weighted by molar-refractivity contribution is 0.672. The number of fused-ring (bicyclic) bond motifs is 15. The van der Waals surface area contributed by atoms with Gasteiger partial charge >= 0.3 is 0 Å².